The van der Waals surface area contributed by atoms with Crippen molar-refractivity contribution in [3.05, 3.63) is 217 Å². The zero-order chi connectivity index (χ0) is 36.9. The van der Waals surface area contributed by atoms with Crippen LogP contribution in [0.2, 0.25) is 0 Å². The molecule has 0 heterocycles. The van der Waals surface area contributed by atoms with E-state index in [4.69, 9.17) is 0 Å². The maximum absolute atomic E-state index is 3.79. The molecule has 0 aromatic heterocycles. The van der Waals surface area contributed by atoms with Crippen molar-refractivity contribution in [1.29, 1.82) is 0 Å². The van der Waals surface area contributed by atoms with E-state index in [9.17, 15) is 0 Å². The summed E-state index contributed by atoms with van der Waals surface area (Å²) in [5, 5.41) is 8.78. The molecule has 0 radical (unpaired) electrons. The summed E-state index contributed by atoms with van der Waals surface area (Å²) < 4.78 is 0. The van der Waals surface area contributed by atoms with Gasteiger partial charge in [-0.05, 0) is 85.9 Å². The molecule has 8 aromatic rings. The van der Waals surface area contributed by atoms with Gasteiger partial charge >= 0.3 is 0 Å². The molecular formula is C53H42N2. The molecule has 10 rings (SSSR count). The molecule has 0 saturated heterocycles. The summed E-state index contributed by atoms with van der Waals surface area (Å²) in [6.07, 6.45) is 8.96. The Morgan fingerprint density at radius 1 is 0.455 bits per heavy atom. The molecule has 0 bridgehead atoms. The average molecular weight is 707 g/mol. The molecule has 1 N–H and O–H groups in total. The van der Waals surface area contributed by atoms with Crippen LogP contribution in [0.5, 0.6) is 0 Å². The Morgan fingerprint density at radius 2 is 1.05 bits per heavy atom. The largest absolute Gasteiger partial charge is 0.378 e. The maximum Gasteiger partial charge on any atom is 0.0551 e. The second-order valence-corrected chi connectivity index (χ2v) is 15.3. The number of para-hydroxylation sites is 2. The standard InChI is InChI=1S/C53H42N2/c1-53(2)47-28-15-13-27-46(47)52-48(53)29-17-31-51(52)55(37-20-7-4-8-21-37)50-35-34-42(40-24-11-12-26-45(40)50)41-32-33-43(39-23-10-9-22-38(39)41)44-25-14-16-30-49(44)54-36-18-5-3-6-19-36/h3-35,44,49,54H,1-2H3. The van der Waals surface area contributed by atoms with Gasteiger partial charge in [-0.15, -0.1) is 0 Å². The lowest BCUT2D eigenvalue weighted by Crippen LogP contribution is -2.26. The Labute approximate surface area is 323 Å². The van der Waals surface area contributed by atoms with Gasteiger partial charge in [0.1, 0.15) is 0 Å². The molecule has 2 nitrogen and oxygen atoms in total. The van der Waals surface area contributed by atoms with Gasteiger partial charge in [-0.3, -0.25) is 0 Å². The SMILES string of the molecule is CC1(C)c2ccccc2-c2c(N(c3ccccc3)c3ccc(-c4ccc(C5C=CC=CC5Nc5ccccc5)c5ccccc45)c4ccccc34)cccc21. The van der Waals surface area contributed by atoms with E-state index in [1.165, 1.54) is 66.2 Å². The van der Waals surface area contributed by atoms with Gasteiger partial charge in [-0.2, -0.15) is 0 Å². The Hall–Kier alpha value is -6.64. The van der Waals surface area contributed by atoms with Gasteiger partial charge in [0, 0.05) is 33.7 Å². The highest BCUT2D eigenvalue weighted by atomic mass is 15.1. The molecule has 55 heavy (non-hydrogen) atoms. The van der Waals surface area contributed by atoms with Crippen molar-refractivity contribution in [2.75, 3.05) is 10.2 Å². The van der Waals surface area contributed by atoms with E-state index < -0.39 is 0 Å². The Morgan fingerprint density at radius 3 is 1.84 bits per heavy atom. The predicted molar refractivity (Wildman–Crippen MR) is 234 cm³/mol. The third-order valence-electron chi connectivity index (χ3n) is 11.8. The Bertz CT molecular complexity index is 2780. The molecule has 0 fully saturated rings. The van der Waals surface area contributed by atoms with E-state index in [0.717, 1.165) is 17.1 Å². The second-order valence-electron chi connectivity index (χ2n) is 15.3. The van der Waals surface area contributed by atoms with Crippen LogP contribution in [0.25, 0.3) is 43.8 Å². The zero-order valence-electron chi connectivity index (χ0n) is 31.2. The normalized spacial score (nSPS) is 16.5. The van der Waals surface area contributed by atoms with Crippen molar-refractivity contribution >= 4 is 44.3 Å². The molecule has 2 atom stereocenters. The van der Waals surface area contributed by atoms with E-state index >= 15 is 0 Å². The quantitative estimate of drug-likeness (QED) is 0.177. The van der Waals surface area contributed by atoms with Crippen molar-refractivity contribution in [3.8, 4) is 22.3 Å². The van der Waals surface area contributed by atoms with Crippen molar-refractivity contribution in [1.82, 2.24) is 0 Å². The highest BCUT2D eigenvalue weighted by Gasteiger charge is 2.38. The van der Waals surface area contributed by atoms with E-state index in [-0.39, 0.29) is 17.4 Å². The van der Waals surface area contributed by atoms with E-state index in [1.807, 2.05) is 0 Å². The van der Waals surface area contributed by atoms with Gasteiger partial charge in [-0.1, -0.05) is 178 Å². The molecule has 2 aliphatic rings. The average Bonchev–Trinajstić information content (AvgIpc) is 3.48. The van der Waals surface area contributed by atoms with Crippen molar-refractivity contribution in [3.63, 3.8) is 0 Å². The first-order valence-electron chi connectivity index (χ1n) is 19.4. The van der Waals surface area contributed by atoms with Crippen molar-refractivity contribution in [2.24, 2.45) is 0 Å². The summed E-state index contributed by atoms with van der Waals surface area (Å²) in [5.74, 6) is 0.186. The number of hydrogen-bond donors (Lipinski definition) is 1. The first kappa shape index (κ1) is 33.0. The number of nitrogens with one attached hydrogen (secondary N) is 1. The van der Waals surface area contributed by atoms with Gasteiger partial charge in [0.2, 0.25) is 0 Å². The van der Waals surface area contributed by atoms with Crippen LogP contribution in [-0.2, 0) is 5.41 Å². The first-order chi connectivity index (χ1) is 27.1. The molecule has 0 aliphatic heterocycles. The number of rotatable bonds is 7. The van der Waals surface area contributed by atoms with E-state index in [0.29, 0.717) is 0 Å². The molecule has 2 unspecified atom stereocenters. The van der Waals surface area contributed by atoms with Crippen LogP contribution in [-0.4, -0.2) is 6.04 Å². The van der Waals surface area contributed by atoms with Crippen molar-refractivity contribution in [2.45, 2.75) is 31.2 Å². The van der Waals surface area contributed by atoms with Crippen LogP contribution in [0.3, 0.4) is 0 Å². The lowest BCUT2D eigenvalue weighted by atomic mass is 9.82. The lowest BCUT2D eigenvalue weighted by molar-refractivity contribution is 0.660. The zero-order valence-corrected chi connectivity index (χ0v) is 31.2. The highest BCUT2D eigenvalue weighted by molar-refractivity contribution is 6.11. The molecular weight excluding hydrogens is 665 g/mol. The molecule has 2 heteroatoms. The summed E-state index contributed by atoms with van der Waals surface area (Å²) in [7, 11) is 0. The molecule has 0 saturated carbocycles. The van der Waals surface area contributed by atoms with Gasteiger partial charge in [0.15, 0.2) is 0 Å². The van der Waals surface area contributed by atoms with Gasteiger partial charge < -0.3 is 10.2 Å². The summed E-state index contributed by atoms with van der Waals surface area (Å²) in [4.78, 5) is 2.48. The van der Waals surface area contributed by atoms with Crippen LogP contribution >= 0.6 is 0 Å². The number of anilines is 4. The van der Waals surface area contributed by atoms with Crippen LogP contribution in [0.1, 0.15) is 36.5 Å². The summed E-state index contributed by atoms with van der Waals surface area (Å²) >= 11 is 0. The van der Waals surface area contributed by atoms with Crippen LogP contribution in [0.15, 0.2) is 200 Å². The first-order valence-corrected chi connectivity index (χ1v) is 19.4. The molecule has 0 amide bonds. The second kappa shape index (κ2) is 13.3. The van der Waals surface area contributed by atoms with Gasteiger partial charge in [0.25, 0.3) is 0 Å². The maximum atomic E-state index is 3.79. The topological polar surface area (TPSA) is 15.3 Å². The highest BCUT2D eigenvalue weighted by Crippen LogP contribution is 2.55. The molecule has 0 spiro atoms. The molecule has 8 aromatic carbocycles. The lowest BCUT2D eigenvalue weighted by Gasteiger charge is -2.30. The smallest absolute Gasteiger partial charge is 0.0551 e. The number of fused-ring (bicyclic) bond motifs is 5. The fourth-order valence-corrected chi connectivity index (χ4v) is 9.24. The number of allylic oxidation sites excluding steroid dienone is 2. The minimum atomic E-state index is -0.0925. The Kier molecular flexibility index (Phi) is 7.99. The van der Waals surface area contributed by atoms with Gasteiger partial charge in [-0.25, -0.2) is 0 Å². The van der Waals surface area contributed by atoms with E-state index in [2.05, 4.69) is 224 Å². The number of benzene rings is 8. The van der Waals surface area contributed by atoms with Crippen LogP contribution in [0, 0.1) is 0 Å². The van der Waals surface area contributed by atoms with Gasteiger partial charge in [0.05, 0.1) is 17.4 Å². The third kappa shape index (κ3) is 5.48. The predicted octanol–water partition coefficient (Wildman–Crippen LogP) is 14.1. The van der Waals surface area contributed by atoms with Crippen molar-refractivity contribution < 1.29 is 0 Å². The minimum absolute atomic E-state index is 0.0925. The summed E-state index contributed by atoms with van der Waals surface area (Å²) in [5.41, 5.74) is 13.7. The minimum Gasteiger partial charge on any atom is -0.378 e. The van der Waals surface area contributed by atoms with Crippen LogP contribution < -0.4 is 10.2 Å². The monoisotopic (exact) mass is 706 g/mol. The fourth-order valence-electron chi connectivity index (χ4n) is 9.24. The molecule has 2 aliphatic carbocycles. The number of hydrogen-bond acceptors (Lipinski definition) is 2. The summed E-state index contributed by atoms with van der Waals surface area (Å²) in [6.45, 7) is 4.71. The molecule has 264 valence electrons. The summed E-state index contributed by atoms with van der Waals surface area (Å²) in [6, 6.07) is 64.6. The Balaban J connectivity index is 1.14. The fraction of sp³-hybridized carbons (Fsp3) is 0.0943. The number of nitrogens with zero attached hydrogens (tertiary/aromatic N) is 1. The third-order valence-corrected chi connectivity index (χ3v) is 11.8. The van der Waals surface area contributed by atoms with E-state index in [1.54, 1.807) is 0 Å². The van der Waals surface area contributed by atoms with Crippen LogP contribution in [0.4, 0.5) is 22.7 Å².